The molecular weight excluding hydrogens is 444 g/mol. The van der Waals surface area contributed by atoms with E-state index >= 15 is 0 Å². The lowest BCUT2D eigenvalue weighted by Crippen LogP contribution is -2.11. The summed E-state index contributed by atoms with van der Waals surface area (Å²) < 4.78 is 22.1. The highest BCUT2D eigenvalue weighted by atomic mass is 16.5. The van der Waals surface area contributed by atoms with Crippen LogP contribution < -0.4 is 9.47 Å². The van der Waals surface area contributed by atoms with Crippen LogP contribution in [-0.2, 0) is 9.47 Å². The predicted molar refractivity (Wildman–Crippen MR) is 136 cm³/mol. The monoisotopic (exact) mass is 478 g/mol. The van der Waals surface area contributed by atoms with Crippen LogP contribution in [0, 0.1) is 0 Å². The Hall–Kier alpha value is -3.19. The van der Waals surface area contributed by atoms with Crippen LogP contribution in [0.2, 0.25) is 0 Å². The van der Waals surface area contributed by atoms with Crippen molar-refractivity contribution in [3.05, 3.63) is 83.9 Å². The highest BCUT2D eigenvalue weighted by molar-refractivity contribution is 5.91. The lowest BCUT2D eigenvalue weighted by atomic mass is 10.0. The summed E-state index contributed by atoms with van der Waals surface area (Å²) in [5, 5.41) is 9.58. The lowest BCUT2D eigenvalue weighted by Gasteiger charge is -2.09. The zero-order chi connectivity index (χ0) is 24.9. The van der Waals surface area contributed by atoms with Gasteiger partial charge in [0.05, 0.1) is 31.5 Å². The van der Waals surface area contributed by atoms with Gasteiger partial charge in [0.2, 0.25) is 0 Å². The Balaban J connectivity index is 1.43. The number of benzene rings is 3. The fourth-order valence-electron chi connectivity index (χ4n) is 3.31. The van der Waals surface area contributed by atoms with Crippen molar-refractivity contribution in [2.24, 2.45) is 0 Å². The molecule has 0 unspecified atom stereocenters. The average molecular weight is 479 g/mol. The minimum Gasteiger partial charge on any atom is -0.491 e. The van der Waals surface area contributed by atoms with E-state index in [1.165, 1.54) is 0 Å². The van der Waals surface area contributed by atoms with Gasteiger partial charge in [-0.05, 0) is 66.4 Å². The third kappa shape index (κ3) is 8.83. The molecule has 0 aromatic heterocycles. The molecule has 0 amide bonds. The van der Waals surface area contributed by atoms with Gasteiger partial charge < -0.3 is 24.1 Å². The summed E-state index contributed by atoms with van der Waals surface area (Å²) in [6.45, 7) is 6.80. The second-order valence-electron chi connectivity index (χ2n) is 8.16. The van der Waals surface area contributed by atoms with E-state index in [2.05, 4.69) is 6.92 Å². The van der Waals surface area contributed by atoms with Gasteiger partial charge in [0.25, 0.3) is 0 Å². The van der Waals surface area contributed by atoms with Crippen LogP contribution in [-0.4, -0.2) is 44.1 Å². The fourth-order valence-corrected chi connectivity index (χ4v) is 3.31. The summed E-state index contributed by atoms with van der Waals surface area (Å²) in [7, 11) is 0. The molecule has 3 rings (SSSR count). The molecule has 6 nitrogen and oxygen atoms in total. The zero-order valence-corrected chi connectivity index (χ0v) is 20.4. The van der Waals surface area contributed by atoms with E-state index in [1.54, 1.807) is 43.3 Å². The molecule has 0 fully saturated rings. The molecule has 0 aliphatic carbocycles. The van der Waals surface area contributed by atoms with Gasteiger partial charge in [-0.3, -0.25) is 0 Å². The molecule has 35 heavy (non-hydrogen) atoms. The zero-order valence-electron chi connectivity index (χ0n) is 20.4. The molecule has 1 atom stereocenters. The maximum atomic E-state index is 12.4. The van der Waals surface area contributed by atoms with E-state index in [-0.39, 0.29) is 0 Å². The Morgan fingerprint density at radius 1 is 0.743 bits per heavy atom. The number of hydrogen-bond acceptors (Lipinski definition) is 6. The summed E-state index contributed by atoms with van der Waals surface area (Å²) in [6.07, 6.45) is 1.65. The number of aliphatic hydroxyl groups is 1. The van der Waals surface area contributed by atoms with E-state index in [9.17, 15) is 9.90 Å². The maximum absolute atomic E-state index is 12.4. The van der Waals surface area contributed by atoms with Crippen molar-refractivity contribution < 1.29 is 28.8 Å². The van der Waals surface area contributed by atoms with Crippen molar-refractivity contribution in [2.45, 2.75) is 32.8 Å². The van der Waals surface area contributed by atoms with Gasteiger partial charge in [0.15, 0.2) is 0 Å². The van der Waals surface area contributed by atoms with Crippen LogP contribution in [0.1, 0.15) is 48.7 Å². The first-order valence-corrected chi connectivity index (χ1v) is 12.1. The second-order valence-corrected chi connectivity index (χ2v) is 8.16. The van der Waals surface area contributed by atoms with Gasteiger partial charge in [0.1, 0.15) is 18.1 Å². The normalized spacial score (nSPS) is 11.7. The summed E-state index contributed by atoms with van der Waals surface area (Å²) in [5.41, 5.74) is 3.23. The lowest BCUT2D eigenvalue weighted by molar-refractivity contribution is 0.0356. The summed E-state index contributed by atoms with van der Waals surface area (Å²) in [4.78, 5) is 12.4. The molecule has 3 aromatic carbocycles. The quantitative estimate of drug-likeness (QED) is 0.178. The van der Waals surface area contributed by atoms with Crippen LogP contribution in [0.25, 0.3) is 11.1 Å². The Bertz CT molecular complexity index is 1010. The van der Waals surface area contributed by atoms with Gasteiger partial charge in [-0.15, -0.1) is 0 Å². The number of rotatable bonds is 14. The number of aliphatic hydroxyl groups excluding tert-OH is 1. The predicted octanol–water partition coefficient (Wildman–Crippen LogP) is 5.84. The first-order chi connectivity index (χ1) is 17.1. The molecule has 0 saturated heterocycles. The number of hydrogen-bond donors (Lipinski definition) is 1. The molecule has 6 heteroatoms. The Morgan fingerprint density at radius 3 is 1.89 bits per heavy atom. The first-order valence-electron chi connectivity index (χ1n) is 12.1. The van der Waals surface area contributed by atoms with E-state index < -0.39 is 12.1 Å². The molecule has 3 aromatic rings. The fraction of sp³-hybridized carbons (Fsp3) is 0.345. The summed E-state index contributed by atoms with van der Waals surface area (Å²) in [5.74, 6) is 0.781. The van der Waals surface area contributed by atoms with Crippen LogP contribution >= 0.6 is 0 Å². The van der Waals surface area contributed by atoms with E-state index in [0.29, 0.717) is 37.7 Å². The Kier molecular flexibility index (Phi) is 10.8. The molecule has 0 heterocycles. The molecule has 186 valence electrons. The minimum absolute atomic E-state index is 0.431. The van der Waals surface area contributed by atoms with Crippen molar-refractivity contribution in [1.82, 2.24) is 0 Å². The number of carbonyl (C=O) groups is 1. The molecule has 0 radical (unpaired) electrons. The van der Waals surface area contributed by atoms with Gasteiger partial charge in [-0.25, -0.2) is 4.79 Å². The average Bonchev–Trinajstić information content (AvgIpc) is 2.88. The van der Waals surface area contributed by atoms with Crippen LogP contribution in [0.5, 0.6) is 11.5 Å². The Labute approximate surface area is 207 Å². The Morgan fingerprint density at radius 2 is 1.29 bits per heavy atom. The molecule has 0 bridgehead atoms. The largest absolute Gasteiger partial charge is 0.491 e. The topological polar surface area (TPSA) is 74.2 Å². The van der Waals surface area contributed by atoms with E-state index in [4.69, 9.17) is 18.9 Å². The molecule has 0 aliphatic heterocycles. The van der Waals surface area contributed by atoms with Crippen molar-refractivity contribution in [1.29, 1.82) is 0 Å². The van der Waals surface area contributed by atoms with Crippen LogP contribution in [0.15, 0.2) is 72.8 Å². The van der Waals surface area contributed by atoms with E-state index in [1.807, 2.05) is 36.4 Å². The third-order valence-corrected chi connectivity index (χ3v) is 5.39. The number of carbonyl (C=O) groups excluding carboxylic acids is 1. The van der Waals surface area contributed by atoms with Gasteiger partial charge >= 0.3 is 5.97 Å². The summed E-state index contributed by atoms with van der Waals surface area (Å²) in [6, 6.07) is 21.9. The maximum Gasteiger partial charge on any atom is 0.343 e. The highest BCUT2D eigenvalue weighted by Gasteiger charge is 2.10. The van der Waals surface area contributed by atoms with Crippen LogP contribution in [0.3, 0.4) is 0 Å². The summed E-state index contributed by atoms with van der Waals surface area (Å²) >= 11 is 0. The minimum atomic E-state index is -0.563. The second kappa shape index (κ2) is 14.3. The van der Waals surface area contributed by atoms with Gasteiger partial charge in [-0.2, -0.15) is 0 Å². The van der Waals surface area contributed by atoms with Crippen molar-refractivity contribution in [3.63, 3.8) is 0 Å². The highest BCUT2D eigenvalue weighted by Crippen LogP contribution is 2.24. The van der Waals surface area contributed by atoms with Crippen molar-refractivity contribution >= 4 is 5.97 Å². The van der Waals surface area contributed by atoms with Crippen LogP contribution in [0.4, 0.5) is 0 Å². The molecular formula is C29H34O6. The smallest absolute Gasteiger partial charge is 0.343 e. The molecule has 0 spiro atoms. The van der Waals surface area contributed by atoms with E-state index in [0.717, 1.165) is 41.9 Å². The number of unbranched alkanes of at least 4 members (excludes halogenated alkanes) is 1. The van der Waals surface area contributed by atoms with Crippen molar-refractivity contribution in [2.75, 3.05) is 33.0 Å². The first kappa shape index (κ1) is 26.4. The number of ether oxygens (including phenoxy) is 4. The van der Waals surface area contributed by atoms with Gasteiger partial charge in [-0.1, -0.05) is 49.7 Å². The molecule has 0 aliphatic rings. The molecule has 1 N–H and O–H groups in total. The third-order valence-electron chi connectivity index (χ3n) is 5.39. The van der Waals surface area contributed by atoms with Gasteiger partial charge in [0, 0.05) is 6.61 Å². The SMILES string of the molecule is CCCCOCCOCCOc1ccc(-c2ccc(C(=O)Oc3ccc([C@H](C)O)cc3)cc2)cc1. The van der Waals surface area contributed by atoms with Crippen molar-refractivity contribution in [3.8, 4) is 22.6 Å². The number of esters is 1. The standard InChI is InChI=1S/C29H34O6/c1-3-4-17-32-18-19-33-20-21-34-27-13-11-25(12-14-27)24-5-7-26(8-6-24)29(31)35-28-15-9-23(10-16-28)22(2)30/h5-16,22,30H,3-4,17-21H2,1-2H3/t22-/m0/s1. The molecule has 0 saturated carbocycles.